The third kappa shape index (κ3) is 7.23. The summed E-state index contributed by atoms with van der Waals surface area (Å²) in [6.07, 6.45) is 1.57. The Morgan fingerprint density at radius 3 is 2.52 bits per heavy atom. The molecule has 0 aliphatic rings. The summed E-state index contributed by atoms with van der Waals surface area (Å²) >= 11 is 0. The molecule has 2 rings (SSSR count). The Labute approximate surface area is 178 Å². The lowest BCUT2D eigenvalue weighted by Crippen LogP contribution is -2.33. The third-order valence-corrected chi connectivity index (χ3v) is 4.47. The molecule has 0 spiro atoms. The number of nitrogens with one attached hydrogen (secondary N) is 2. The summed E-state index contributed by atoms with van der Waals surface area (Å²) in [5, 5.41) is 20.0. The van der Waals surface area contributed by atoms with Crippen molar-refractivity contribution in [1.29, 1.82) is 0 Å². The van der Waals surface area contributed by atoms with Gasteiger partial charge in [-0.3, -0.25) is 20.1 Å². The van der Waals surface area contributed by atoms with Gasteiger partial charge in [-0.2, -0.15) is 0 Å². The number of alkyl carbamates (subject to hydrolysis) is 1. The molecule has 2 aromatic rings. The quantitative estimate of drug-likeness (QED) is 0.288. The van der Waals surface area contributed by atoms with Crippen LogP contribution in [0.4, 0.5) is 9.18 Å². The van der Waals surface area contributed by atoms with Crippen molar-refractivity contribution in [1.82, 2.24) is 10.8 Å². The summed E-state index contributed by atoms with van der Waals surface area (Å²) in [6.45, 7) is 1.75. The van der Waals surface area contributed by atoms with E-state index in [2.05, 4.69) is 5.32 Å². The minimum Gasteiger partial charge on any atom is -0.505 e. The monoisotopic (exact) mass is 430 g/mol. The summed E-state index contributed by atoms with van der Waals surface area (Å²) in [6, 6.07) is 11.7. The molecule has 2 aromatic carbocycles. The number of phenols is 1. The molecule has 0 fully saturated rings. The average molecular weight is 430 g/mol. The fourth-order valence-electron chi connectivity index (χ4n) is 2.85. The van der Waals surface area contributed by atoms with E-state index in [-0.39, 0.29) is 11.5 Å². The number of hydrogen-bond acceptors (Lipinski definition) is 6. The van der Waals surface area contributed by atoms with E-state index >= 15 is 0 Å². The van der Waals surface area contributed by atoms with Crippen molar-refractivity contribution in [3.05, 3.63) is 77.6 Å². The minimum absolute atomic E-state index is 0.270. The van der Waals surface area contributed by atoms with Gasteiger partial charge < -0.3 is 9.84 Å². The first-order valence-corrected chi connectivity index (χ1v) is 9.47. The molecule has 0 heterocycles. The lowest BCUT2D eigenvalue weighted by Gasteiger charge is -2.24. The van der Waals surface area contributed by atoms with E-state index in [1.807, 2.05) is 0 Å². The van der Waals surface area contributed by atoms with Gasteiger partial charge in [0.1, 0.15) is 6.10 Å². The number of aromatic hydroxyl groups is 1. The van der Waals surface area contributed by atoms with E-state index < -0.39 is 35.6 Å². The molecule has 31 heavy (non-hydrogen) atoms. The first-order valence-electron chi connectivity index (χ1n) is 9.47. The molecule has 164 valence electrons. The van der Waals surface area contributed by atoms with Crippen molar-refractivity contribution in [2.75, 3.05) is 0 Å². The highest BCUT2D eigenvalue weighted by atomic mass is 19.1. The normalized spacial score (nSPS) is 12.7. The largest absolute Gasteiger partial charge is 0.505 e. The number of benzene rings is 2. The van der Waals surface area contributed by atoms with Crippen LogP contribution < -0.4 is 10.8 Å². The molecule has 0 radical (unpaired) electrons. The maximum atomic E-state index is 13.9. The van der Waals surface area contributed by atoms with Crippen LogP contribution in [-0.2, 0) is 9.53 Å². The van der Waals surface area contributed by atoms with Crippen LogP contribution in [0.1, 0.15) is 41.8 Å². The van der Waals surface area contributed by atoms with Gasteiger partial charge in [0.2, 0.25) is 0 Å². The lowest BCUT2D eigenvalue weighted by molar-refractivity contribution is -0.124. The molecule has 3 amide bonds. The molecular formula is C22H23FN2O6. The van der Waals surface area contributed by atoms with Crippen LogP contribution in [0.5, 0.6) is 5.75 Å². The first-order chi connectivity index (χ1) is 14.8. The number of carbonyl (C=O) groups excluding carboxylic acids is 3. The van der Waals surface area contributed by atoms with E-state index in [0.717, 1.165) is 18.2 Å². The van der Waals surface area contributed by atoms with Crippen molar-refractivity contribution in [3.8, 4) is 5.75 Å². The Morgan fingerprint density at radius 2 is 1.87 bits per heavy atom. The average Bonchev–Trinajstić information content (AvgIpc) is 2.77. The summed E-state index contributed by atoms with van der Waals surface area (Å²) in [5.41, 5.74) is 2.03. The van der Waals surface area contributed by atoms with Crippen LogP contribution in [0.25, 0.3) is 0 Å². The maximum Gasteiger partial charge on any atom is 0.414 e. The Hall–Kier alpha value is -3.72. The molecule has 9 heteroatoms. The number of carbonyl (C=O) groups is 3. The van der Waals surface area contributed by atoms with E-state index in [9.17, 15) is 23.9 Å². The van der Waals surface area contributed by atoms with Gasteiger partial charge in [-0.05, 0) is 48.6 Å². The highest BCUT2D eigenvalue weighted by molar-refractivity contribution is 6.02. The number of halogens is 1. The molecular weight excluding hydrogens is 407 g/mol. The van der Waals surface area contributed by atoms with Crippen molar-refractivity contribution >= 4 is 17.9 Å². The predicted molar refractivity (Wildman–Crippen MR) is 109 cm³/mol. The fraction of sp³-hybridized carbons (Fsp3) is 0.227. The van der Waals surface area contributed by atoms with Gasteiger partial charge in [-0.15, -0.1) is 0 Å². The SMILES string of the molecule is C[C@@H](CC/C=C/C(=O)NO)[C@@H](OC(=O)NC(=O)c1ccccc1)c1ccc(O)c(F)c1. The van der Waals surface area contributed by atoms with Crippen molar-refractivity contribution in [2.45, 2.75) is 25.9 Å². The molecule has 0 aliphatic carbocycles. The van der Waals surface area contributed by atoms with E-state index in [0.29, 0.717) is 18.4 Å². The lowest BCUT2D eigenvalue weighted by atomic mass is 9.93. The maximum absolute atomic E-state index is 13.9. The van der Waals surface area contributed by atoms with E-state index in [1.165, 1.54) is 29.8 Å². The molecule has 4 N–H and O–H groups in total. The number of ether oxygens (including phenoxy) is 1. The van der Waals surface area contributed by atoms with Crippen LogP contribution in [0.3, 0.4) is 0 Å². The number of imide groups is 1. The van der Waals surface area contributed by atoms with E-state index in [1.54, 1.807) is 25.1 Å². The van der Waals surface area contributed by atoms with Gasteiger partial charge in [-0.25, -0.2) is 14.7 Å². The topological polar surface area (TPSA) is 125 Å². The molecule has 2 atom stereocenters. The molecule has 0 saturated heterocycles. The van der Waals surface area contributed by atoms with Crippen LogP contribution >= 0.6 is 0 Å². The zero-order valence-corrected chi connectivity index (χ0v) is 16.7. The predicted octanol–water partition coefficient (Wildman–Crippen LogP) is 3.62. The van der Waals surface area contributed by atoms with Crippen molar-refractivity contribution in [3.63, 3.8) is 0 Å². The fourth-order valence-corrected chi connectivity index (χ4v) is 2.85. The smallest absolute Gasteiger partial charge is 0.414 e. The van der Waals surface area contributed by atoms with Crippen LogP contribution in [0, 0.1) is 11.7 Å². The summed E-state index contributed by atoms with van der Waals surface area (Å²) in [4.78, 5) is 35.5. The van der Waals surface area contributed by atoms with Gasteiger partial charge in [0.15, 0.2) is 11.6 Å². The highest BCUT2D eigenvalue weighted by Crippen LogP contribution is 2.31. The Kier molecular flexibility index (Phi) is 8.71. The zero-order valence-electron chi connectivity index (χ0n) is 16.7. The number of allylic oxidation sites excluding steroid dienone is 1. The minimum atomic E-state index is -1.01. The first kappa shape index (κ1) is 23.6. The molecule has 0 aromatic heterocycles. The van der Waals surface area contributed by atoms with E-state index in [4.69, 9.17) is 9.94 Å². The number of amides is 3. The number of phenolic OH excluding ortho intramolecular Hbond substituents is 1. The van der Waals surface area contributed by atoms with Crippen molar-refractivity contribution < 1.29 is 33.8 Å². The Morgan fingerprint density at radius 1 is 1.16 bits per heavy atom. The van der Waals surface area contributed by atoms with Gasteiger partial charge in [-0.1, -0.05) is 37.3 Å². The summed E-state index contributed by atoms with van der Waals surface area (Å²) < 4.78 is 19.3. The van der Waals surface area contributed by atoms with Gasteiger partial charge >= 0.3 is 6.09 Å². The van der Waals surface area contributed by atoms with Gasteiger partial charge in [0, 0.05) is 11.6 Å². The molecule has 0 saturated carbocycles. The Bertz CT molecular complexity index is 948. The second-order valence-electron chi connectivity index (χ2n) is 6.79. The standard InChI is InChI=1S/C22H23FN2O6/c1-14(7-5-6-10-19(27)25-30)20(16-11-12-18(26)17(23)13-16)31-22(29)24-21(28)15-8-3-2-4-9-15/h2-4,6,8-14,20,26,30H,5,7H2,1H3,(H,25,27)(H,24,28,29)/b10-6+/t14-,20+/m0/s1. The third-order valence-electron chi connectivity index (χ3n) is 4.47. The second kappa shape index (κ2) is 11.5. The highest BCUT2D eigenvalue weighted by Gasteiger charge is 2.25. The second-order valence-corrected chi connectivity index (χ2v) is 6.79. The number of rotatable bonds is 8. The van der Waals surface area contributed by atoms with Crippen LogP contribution in [0.2, 0.25) is 0 Å². The molecule has 0 aliphatic heterocycles. The summed E-state index contributed by atoms with van der Waals surface area (Å²) in [7, 11) is 0. The Balaban J connectivity index is 2.12. The van der Waals surface area contributed by atoms with Gasteiger partial charge in [0.25, 0.3) is 11.8 Å². The van der Waals surface area contributed by atoms with Gasteiger partial charge in [0.05, 0.1) is 0 Å². The van der Waals surface area contributed by atoms with Crippen LogP contribution in [-0.4, -0.2) is 28.2 Å². The zero-order chi connectivity index (χ0) is 22.8. The molecule has 0 unspecified atom stereocenters. The molecule has 8 nitrogen and oxygen atoms in total. The van der Waals surface area contributed by atoms with Crippen molar-refractivity contribution in [2.24, 2.45) is 5.92 Å². The number of hydroxylamine groups is 1. The molecule has 0 bridgehead atoms. The number of hydrogen-bond donors (Lipinski definition) is 4. The van der Waals surface area contributed by atoms with Crippen LogP contribution in [0.15, 0.2) is 60.7 Å². The summed E-state index contributed by atoms with van der Waals surface area (Å²) in [5.74, 6) is -3.09.